The van der Waals surface area contributed by atoms with Crippen molar-refractivity contribution in [3.8, 4) is 0 Å². The van der Waals surface area contributed by atoms with Gasteiger partial charge in [0.15, 0.2) is 5.79 Å². The van der Waals surface area contributed by atoms with Crippen LogP contribution in [0.2, 0.25) is 0 Å². The molecule has 0 saturated carbocycles. The van der Waals surface area contributed by atoms with E-state index in [1.165, 1.54) is 14.0 Å². The number of fused-ring (bicyclic) bond motifs is 1. The predicted octanol–water partition coefficient (Wildman–Crippen LogP) is 3.78. The Morgan fingerprint density at radius 3 is 2.53 bits per heavy atom. The number of hydrogen-bond acceptors (Lipinski definition) is 7. The number of ether oxygens (including phenoxy) is 4. The molecule has 0 amide bonds. The van der Waals surface area contributed by atoms with E-state index in [9.17, 15) is 14.7 Å². The first-order chi connectivity index (χ1) is 14.9. The molecule has 4 rings (SSSR count). The van der Waals surface area contributed by atoms with Crippen molar-refractivity contribution in [1.82, 2.24) is 0 Å². The molecule has 2 saturated heterocycles. The standard InChI is InChI=1S/C25H34O7/c1-12(2)16-15-9-8-13(3)20-17-18(25(6,28)31-20)22(26)30-19(17)14(4)10-11-24(15,5)32-23(27)21(16)29-7/h8,12,15,17-18,20,28H,9-11H2,1-7H3/b13-8-,19-14+/t15-,17+,18-,20+,24+,25-/m0/s1. The largest absolute Gasteiger partial charge is 0.490 e. The minimum Gasteiger partial charge on any atom is -0.490 e. The number of aliphatic hydroxyl groups is 1. The van der Waals surface area contributed by atoms with Crippen LogP contribution in [0.3, 0.4) is 0 Å². The Labute approximate surface area is 189 Å². The second-order valence-electron chi connectivity index (χ2n) is 10.2. The highest BCUT2D eigenvalue weighted by atomic mass is 16.7. The molecule has 7 heteroatoms. The van der Waals surface area contributed by atoms with E-state index in [-0.39, 0.29) is 17.8 Å². The van der Waals surface area contributed by atoms with E-state index in [0.717, 1.165) is 16.7 Å². The van der Waals surface area contributed by atoms with E-state index in [1.54, 1.807) is 0 Å². The fourth-order valence-electron chi connectivity index (χ4n) is 5.93. The first-order valence-electron chi connectivity index (χ1n) is 11.4. The van der Waals surface area contributed by atoms with Crippen LogP contribution < -0.4 is 0 Å². The number of carbonyl (C=O) groups is 2. The van der Waals surface area contributed by atoms with Crippen LogP contribution >= 0.6 is 0 Å². The maximum atomic E-state index is 12.8. The fourth-order valence-corrected chi connectivity index (χ4v) is 5.93. The molecule has 0 aromatic rings. The van der Waals surface area contributed by atoms with Gasteiger partial charge in [0.05, 0.1) is 19.1 Å². The maximum absolute atomic E-state index is 12.8. The van der Waals surface area contributed by atoms with Crippen LogP contribution in [0.4, 0.5) is 0 Å². The molecule has 0 aromatic carbocycles. The molecule has 0 spiro atoms. The molecule has 3 heterocycles. The van der Waals surface area contributed by atoms with Gasteiger partial charge in [-0.25, -0.2) is 4.79 Å². The smallest absolute Gasteiger partial charge is 0.374 e. The Balaban J connectivity index is 1.84. The van der Waals surface area contributed by atoms with Crippen LogP contribution in [0.5, 0.6) is 0 Å². The van der Waals surface area contributed by atoms with E-state index in [0.29, 0.717) is 30.8 Å². The minimum absolute atomic E-state index is 0.0684. The van der Waals surface area contributed by atoms with Crippen molar-refractivity contribution >= 4 is 11.9 Å². The normalized spacial score (nSPS) is 43.7. The van der Waals surface area contributed by atoms with Gasteiger partial charge in [0, 0.05) is 5.92 Å². The Morgan fingerprint density at radius 2 is 1.91 bits per heavy atom. The Bertz CT molecular complexity index is 938. The molecule has 0 radical (unpaired) electrons. The number of allylic oxidation sites excluding steroid dienone is 2. The Morgan fingerprint density at radius 1 is 1.22 bits per heavy atom. The zero-order valence-corrected chi connectivity index (χ0v) is 20.0. The fraction of sp³-hybridized carbons (Fsp3) is 0.680. The molecule has 4 aliphatic rings. The van der Waals surface area contributed by atoms with Crippen molar-refractivity contribution in [2.45, 2.75) is 78.3 Å². The van der Waals surface area contributed by atoms with E-state index in [2.05, 4.69) is 19.9 Å². The summed E-state index contributed by atoms with van der Waals surface area (Å²) in [4.78, 5) is 25.5. The number of methoxy groups -OCH3 is 1. The molecule has 1 aliphatic carbocycles. The molecule has 0 aromatic heterocycles. The van der Waals surface area contributed by atoms with E-state index < -0.39 is 35.3 Å². The predicted molar refractivity (Wildman–Crippen MR) is 116 cm³/mol. The summed E-state index contributed by atoms with van der Waals surface area (Å²) in [5.41, 5.74) is 2.06. The average molecular weight is 447 g/mol. The second kappa shape index (κ2) is 7.73. The first kappa shape index (κ1) is 23.1. The van der Waals surface area contributed by atoms with Gasteiger partial charge in [0.1, 0.15) is 17.3 Å². The number of esters is 2. The van der Waals surface area contributed by atoms with Crippen molar-refractivity contribution < 1.29 is 33.6 Å². The zero-order valence-electron chi connectivity index (χ0n) is 20.0. The number of hydrogen-bond donors (Lipinski definition) is 1. The summed E-state index contributed by atoms with van der Waals surface area (Å²) in [6.45, 7) is 11.5. The van der Waals surface area contributed by atoms with Crippen molar-refractivity contribution in [2.75, 3.05) is 7.11 Å². The van der Waals surface area contributed by atoms with Crippen LogP contribution in [0.1, 0.15) is 60.8 Å². The lowest BCUT2D eigenvalue weighted by Gasteiger charge is -2.43. The molecule has 0 unspecified atom stereocenters. The van der Waals surface area contributed by atoms with Crippen LogP contribution in [0.15, 0.2) is 34.3 Å². The van der Waals surface area contributed by atoms with Gasteiger partial charge < -0.3 is 24.1 Å². The summed E-state index contributed by atoms with van der Waals surface area (Å²) in [6.07, 6.45) is 3.42. The lowest BCUT2D eigenvalue weighted by molar-refractivity contribution is -0.201. The minimum atomic E-state index is -1.59. The molecule has 0 bridgehead atoms. The van der Waals surface area contributed by atoms with E-state index in [4.69, 9.17) is 18.9 Å². The average Bonchev–Trinajstić information content (AvgIpc) is 3.19. The maximum Gasteiger partial charge on any atom is 0.374 e. The topological polar surface area (TPSA) is 91.3 Å². The molecule has 3 aliphatic heterocycles. The van der Waals surface area contributed by atoms with Gasteiger partial charge in [-0.1, -0.05) is 19.9 Å². The highest BCUT2D eigenvalue weighted by Gasteiger charge is 2.62. The summed E-state index contributed by atoms with van der Waals surface area (Å²) in [5.74, 6) is -2.68. The SMILES string of the molecule is COC1=C(C(C)C)[C@@H]2C/C=C(/C)[C@H]3O[C@](C)(O)[C@@H]4C(=O)O/C(=C(\C)CC[C@@]2(C)OC1=O)[C@H]34. The summed E-state index contributed by atoms with van der Waals surface area (Å²) >= 11 is 0. The summed E-state index contributed by atoms with van der Waals surface area (Å²) in [6, 6.07) is 0. The van der Waals surface area contributed by atoms with Gasteiger partial charge in [-0.15, -0.1) is 0 Å². The van der Waals surface area contributed by atoms with Crippen LogP contribution in [-0.4, -0.2) is 41.6 Å². The third-order valence-electron chi connectivity index (χ3n) is 7.65. The van der Waals surface area contributed by atoms with Crippen LogP contribution in [-0.2, 0) is 28.5 Å². The van der Waals surface area contributed by atoms with Gasteiger partial charge >= 0.3 is 11.9 Å². The van der Waals surface area contributed by atoms with Crippen molar-refractivity contribution in [1.29, 1.82) is 0 Å². The monoisotopic (exact) mass is 446 g/mol. The van der Waals surface area contributed by atoms with Crippen LogP contribution in [0.25, 0.3) is 0 Å². The molecule has 7 nitrogen and oxygen atoms in total. The quantitative estimate of drug-likeness (QED) is 0.510. The molecule has 32 heavy (non-hydrogen) atoms. The third-order valence-corrected chi connectivity index (χ3v) is 7.65. The van der Waals surface area contributed by atoms with Gasteiger partial charge in [-0.2, -0.15) is 0 Å². The highest BCUT2D eigenvalue weighted by molar-refractivity contribution is 5.89. The summed E-state index contributed by atoms with van der Waals surface area (Å²) in [5, 5.41) is 10.9. The molecule has 2 fully saturated rings. The van der Waals surface area contributed by atoms with E-state index in [1.807, 2.05) is 20.8 Å². The summed E-state index contributed by atoms with van der Waals surface area (Å²) < 4.78 is 23.2. The second-order valence-corrected chi connectivity index (χ2v) is 10.2. The summed E-state index contributed by atoms with van der Waals surface area (Å²) in [7, 11) is 1.51. The van der Waals surface area contributed by atoms with Gasteiger partial charge in [0.2, 0.25) is 5.76 Å². The molecular formula is C25H34O7. The lowest BCUT2D eigenvalue weighted by atomic mass is 9.72. The third kappa shape index (κ3) is 3.41. The van der Waals surface area contributed by atoms with Crippen molar-refractivity contribution in [3.05, 3.63) is 34.3 Å². The Hall–Kier alpha value is -2.12. The zero-order chi connectivity index (χ0) is 23.6. The molecule has 176 valence electrons. The lowest BCUT2D eigenvalue weighted by Crippen LogP contribution is -2.46. The van der Waals surface area contributed by atoms with Gasteiger partial charge in [-0.3, -0.25) is 4.79 Å². The number of carbonyl (C=O) groups excluding carboxylic acids is 2. The molecule has 1 N–H and O–H groups in total. The molecular weight excluding hydrogens is 412 g/mol. The first-order valence-corrected chi connectivity index (χ1v) is 11.4. The van der Waals surface area contributed by atoms with Gasteiger partial charge in [0.25, 0.3) is 0 Å². The highest BCUT2D eigenvalue weighted by Crippen LogP contribution is 2.53. The van der Waals surface area contributed by atoms with Gasteiger partial charge in [-0.05, 0) is 69.6 Å². The van der Waals surface area contributed by atoms with Crippen molar-refractivity contribution in [3.63, 3.8) is 0 Å². The van der Waals surface area contributed by atoms with Crippen molar-refractivity contribution in [2.24, 2.45) is 23.7 Å². The molecule has 6 atom stereocenters. The van der Waals surface area contributed by atoms with E-state index >= 15 is 0 Å². The van der Waals surface area contributed by atoms with Crippen LogP contribution in [0, 0.1) is 23.7 Å². The number of rotatable bonds is 2. The Kier molecular flexibility index (Phi) is 5.57.